The third-order valence-electron chi connectivity index (χ3n) is 2.68. The summed E-state index contributed by atoms with van der Waals surface area (Å²) in [6, 6.07) is 6.75. The number of anilines is 1. The normalized spacial score (nSPS) is 11.3. The zero-order chi connectivity index (χ0) is 14.9. The van der Waals surface area contributed by atoms with E-state index in [0.29, 0.717) is 11.6 Å². The molecule has 106 valence electrons. The van der Waals surface area contributed by atoms with Gasteiger partial charge in [-0.05, 0) is 36.8 Å². The molecular weight excluding hydrogens is 288 g/mol. The van der Waals surface area contributed by atoms with Gasteiger partial charge >= 0.3 is 0 Å². The Morgan fingerprint density at radius 3 is 2.45 bits per heavy atom. The molecule has 0 bridgehead atoms. The van der Waals surface area contributed by atoms with Crippen molar-refractivity contribution in [3.8, 4) is 5.75 Å². The van der Waals surface area contributed by atoms with Gasteiger partial charge in [-0.15, -0.1) is 0 Å². The third kappa shape index (κ3) is 2.72. The van der Waals surface area contributed by atoms with E-state index in [-0.39, 0.29) is 11.4 Å². The Labute approximate surface area is 114 Å². The van der Waals surface area contributed by atoms with Crippen LogP contribution in [0.2, 0.25) is 0 Å². The van der Waals surface area contributed by atoms with Gasteiger partial charge in [0.25, 0.3) is 10.0 Å². The zero-order valence-electron chi connectivity index (χ0n) is 10.4. The van der Waals surface area contributed by atoms with Crippen LogP contribution in [0.25, 0.3) is 0 Å². The van der Waals surface area contributed by atoms with E-state index in [0.717, 1.165) is 12.1 Å². The highest BCUT2D eigenvalue weighted by Crippen LogP contribution is 2.28. The summed E-state index contributed by atoms with van der Waals surface area (Å²) in [7, 11) is -4.11. The maximum Gasteiger partial charge on any atom is 0.262 e. The Kier molecular flexibility index (Phi) is 3.63. The van der Waals surface area contributed by atoms with Crippen LogP contribution >= 0.6 is 0 Å². The number of benzene rings is 2. The van der Waals surface area contributed by atoms with Crippen molar-refractivity contribution >= 4 is 15.7 Å². The van der Waals surface area contributed by atoms with Gasteiger partial charge in [0.1, 0.15) is 5.75 Å². The number of phenolic OH excluding ortho intramolecular Hbond substituents is 1. The fourth-order valence-corrected chi connectivity index (χ4v) is 2.67. The molecule has 0 atom stereocenters. The molecule has 4 nitrogen and oxygen atoms in total. The summed E-state index contributed by atoms with van der Waals surface area (Å²) in [6.45, 7) is 1.60. The minimum Gasteiger partial charge on any atom is -0.505 e. The monoisotopic (exact) mass is 299 g/mol. The molecule has 0 aliphatic carbocycles. The van der Waals surface area contributed by atoms with Crippen molar-refractivity contribution in [3.63, 3.8) is 0 Å². The number of aromatic hydroxyl groups is 1. The lowest BCUT2D eigenvalue weighted by atomic mass is 10.2. The second-order valence-corrected chi connectivity index (χ2v) is 5.83. The predicted molar refractivity (Wildman–Crippen MR) is 70.0 cm³/mol. The van der Waals surface area contributed by atoms with Gasteiger partial charge < -0.3 is 5.11 Å². The van der Waals surface area contributed by atoms with Crippen molar-refractivity contribution in [2.75, 3.05) is 4.72 Å². The Morgan fingerprint density at radius 1 is 1.10 bits per heavy atom. The van der Waals surface area contributed by atoms with Gasteiger partial charge in [0.05, 0.1) is 10.6 Å². The van der Waals surface area contributed by atoms with E-state index in [1.165, 1.54) is 6.07 Å². The van der Waals surface area contributed by atoms with Crippen molar-refractivity contribution in [3.05, 3.63) is 53.6 Å². The van der Waals surface area contributed by atoms with Gasteiger partial charge in [-0.3, -0.25) is 4.72 Å². The minimum absolute atomic E-state index is 0.0327. The summed E-state index contributed by atoms with van der Waals surface area (Å²) in [6.07, 6.45) is 0. The van der Waals surface area contributed by atoms with Gasteiger partial charge in [-0.25, -0.2) is 17.2 Å². The van der Waals surface area contributed by atoms with Crippen LogP contribution in [0, 0.1) is 18.6 Å². The molecule has 0 spiro atoms. The number of phenols is 1. The van der Waals surface area contributed by atoms with Crippen molar-refractivity contribution < 1.29 is 22.3 Å². The molecule has 0 saturated carbocycles. The molecule has 0 heterocycles. The topological polar surface area (TPSA) is 66.4 Å². The van der Waals surface area contributed by atoms with E-state index in [9.17, 15) is 22.3 Å². The largest absolute Gasteiger partial charge is 0.505 e. The second-order valence-electron chi connectivity index (χ2n) is 4.15. The van der Waals surface area contributed by atoms with Crippen molar-refractivity contribution in [1.82, 2.24) is 0 Å². The maximum atomic E-state index is 13.1. The number of rotatable bonds is 3. The van der Waals surface area contributed by atoms with Crippen LogP contribution in [-0.4, -0.2) is 13.5 Å². The first-order valence-electron chi connectivity index (χ1n) is 5.58. The van der Waals surface area contributed by atoms with E-state index in [2.05, 4.69) is 4.72 Å². The molecule has 0 radical (unpaired) electrons. The zero-order valence-corrected chi connectivity index (χ0v) is 11.2. The lowest BCUT2D eigenvalue weighted by Crippen LogP contribution is -2.13. The van der Waals surface area contributed by atoms with Gasteiger partial charge in [0, 0.05) is 0 Å². The van der Waals surface area contributed by atoms with Gasteiger partial charge in [0.15, 0.2) is 11.6 Å². The van der Waals surface area contributed by atoms with E-state index in [1.807, 2.05) is 0 Å². The average molecular weight is 299 g/mol. The number of para-hydroxylation sites is 1. The quantitative estimate of drug-likeness (QED) is 0.856. The smallest absolute Gasteiger partial charge is 0.262 e. The van der Waals surface area contributed by atoms with Crippen molar-refractivity contribution in [2.24, 2.45) is 0 Å². The Balaban J connectivity index is 2.41. The number of aryl methyl sites for hydroxylation is 1. The van der Waals surface area contributed by atoms with Gasteiger partial charge in [0.2, 0.25) is 0 Å². The fraction of sp³-hybridized carbons (Fsp3) is 0.0769. The molecule has 0 unspecified atom stereocenters. The molecule has 2 aromatic carbocycles. The summed E-state index contributed by atoms with van der Waals surface area (Å²) in [4.78, 5) is -0.433. The van der Waals surface area contributed by atoms with Crippen molar-refractivity contribution in [2.45, 2.75) is 11.8 Å². The molecule has 0 fully saturated rings. The molecule has 20 heavy (non-hydrogen) atoms. The standard InChI is InChI=1S/C13H11F2NO3S/c1-8-3-2-4-12(13(8)17)16-20(18,19)9-5-6-10(14)11(15)7-9/h2-7,16-17H,1H3. The van der Waals surface area contributed by atoms with Gasteiger partial charge in [-0.2, -0.15) is 0 Å². The Morgan fingerprint density at radius 2 is 1.80 bits per heavy atom. The van der Waals surface area contributed by atoms with E-state index < -0.39 is 26.6 Å². The van der Waals surface area contributed by atoms with E-state index in [4.69, 9.17) is 0 Å². The number of nitrogens with one attached hydrogen (secondary N) is 1. The molecule has 0 amide bonds. The van der Waals surface area contributed by atoms with Crippen LogP contribution in [0.15, 0.2) is 41.3 Å². The second kappa shape index (κ2) is 5.09. The van der Waals surface area contributed by atoms with Gasteiger partial charge in [-0.1, -0.05) is 12.1 Å². The highest BCUT2D eigenvalue weighted by Gasteiger charge is 2.18. The minimum atomic E-state index is -4.11. The Bertz CT molecular complexity index is 760. The first-order chi connectivity index (χ1) is 9.31. The summed E-state index contributed by atoms with van der Waals surface area (Å²) in [5.74, 6) is -2.62. The Hall–Kier alpha value is -2.15. The van der Waals surface area contributed by atoms with Crippen LogP contribution in [0.3, 0.4) is 0 Å². The number of hydrogen-bond acceptors (Lipinski definition) is 3. The molecule has 0 aliphatic rings. The molecule has 0 aliphatic heterocycles. The lowest BCUT2D eigenvalue weighted by molar-refractivity contribution is 0.473. The summed E-state index contributed by atoms with van der Waals surface area (Å²) in [5.41, 5.74) is 0.449. The van der Waals surface area contributed by atoms with Crippen LogP contribution < -0.4 is 4.72 Å². The highest BCUT2D eigenvalue weighted by atomic mass is 32.2. The maximum absolute atomic E-state index is 13.1. The molecule has 2 aromatic rings. The lowest BCUT2D eigenvalue weighted by Gasteiger charge is -2.11. The molecule has 0 saturated heterocycles. The summed E-state index contributed by atoms with van der Waals surface area (Å²) in [5, 5.41) is 9.75. The molecule has 2 rings (SSSR count). The van der Waals surface area contributed by atoms with Crippen LogP contribution in [0.5, 0.6) is 5.75 Å². The molecule has 7 heteroatoms. The number of sulfonamides is 1. The average Bonchev–Trinajstić information content (AvgIpc) is 2.38. The first-order valence-corrected chi connectivity index (χ1v) is 7.06. The van der Waals surface area contributed by atoms with Crippen LogP contribution in [0.4, 0.5) is 14.5 Å². The summed E-state index contributed by atoms with van der Waals surface area (Å²) >= 11 is 0. The number of halogens is 2. The fourth-order valence-electron chi connectivity index (χ4n) is 1.59. The van der Waals surface area contributed by atoms with Crippen molar-refractivity contribution in [1.29, 1.82) is 0 Å². The number of hydrogen-bond donors (Lipinski definition) is 2. The predicted octanol–water partition coefficient (Wildman–Crippen LogP) is 2.78. The summed E-state index contributed by atoms with van der Waals surface area (Å²) < 4.78 is 52.0. The molecular formula is C13H11F2NO3S. The van der Waals surface area contributed by atoms with Crippen LogP contribution in [-0.2, 0) is 10.0 Å². The molecule has 2 N–H and O–H groups in total. The molecule has 0 aromatic heterocycles. The highest BCUT2D eigenvalue weighted by molar-refractivity contribution is 7.92. The van der Waals surface area contributed by atoms with E-state index >= 15 is 0 Å². The third-order valence-corrected chi connectivity index (χ3v) is 4.05. The first kappa shape index (κ1) is 14.3. The van der Waals surface area contributed by atoms with Crippen LogP contribution in [0.1, 0.15) is 5.56 Å². The van der Waals surface area contributed by atoms with E-state index in [1.54, 1.807) is 19.1 Å². The SMILES string of the molecule is Cc1cccc(NS(=O)(=O)c2ccc(F)c(F)c2)c1O.